The van der Waals surface area contributed by atoms with Crippen molar-refractivity contribution in [2.45, 2.75) is 29.6 Å². The van der Waals surface area contributed by atoms with Crippen LogP contribution in [0.3, 0.4) is 0 Å². The van der Waals surface area contributed by atoms with Crippen LogP contribution in [0.25, 0.3) is 0 Å². The SMILES string of the molecule is C[C@H](OC(=O)C[C@H]1Sc2ccccc2NC1=O)C(=O)Nc1cccc(C#N)c1. The van der Waals surface area contributed by atoms with Crippen molar-refractivity contribution in [2.24, 2.45) is 0 Å². The number of fused-ring (bicyclic) bond motifs is 1. The van der Waals surface area contributed by atoms with Crippen LogP contribution in [0.4, 0.5) is 11.4 Å². The number of ether oxygens (including phenoxy) is 1. The van der Waals surface area contributed by atoms with Crippen LogP contribution in [0.5, 0.6) is 0 Å². The molecule has 1 aliphatic rings. The van der Waals surface area contributed by atoms with Gasteiger partial charge in [0.05, 0.1) is 29.0 Å². The summed E-state index contributed by atoms with van der Waals surface area (Å²) in [4.78, 5) is 37.5. The summed E-state index contributed by atoms with van der Waals surface area (Å²) in [5.74, 6) is -1.43. The van der Waals surface area contributed by atoms with Crippen molar-refractivity contribution < 1.29 is 19.1 Å². The van der Waals surface area contributed by atoms with Gasteiger partial charge in [-0.2, -0.15) is 5.26 Å². The number of rotatable bonds is 5. The highest BCUT2D eigenvalue weighted by molar-refractivity contribution is 8.01. The molecule has 0 spiro atoms. The monoisotopic (exact) mass is 395 g/mol. The molecule has 2 N–H and O–H groups in total. The predicted molar refractivity (Wildman–Crippen MR) is 105 cm³/mol. The maximum atomic E-state index is 12.2. The lowest BCUT2D eigenvalue weighted by atomic mass is 10.2. The van der Waals surface area contributed by atoms with E-state index in [4.69, 9.17) is 10.00 Å². The molecule has 7 nitrogen and oxygen atoms in total. The van der Waals surface area contributed by atoms with Crippen molar-refractivity contribution in [3.63, 3.8) is 0 Å². The van der Waals surface area contributed by atoms with E-state index in [0.29, 0.717) is 11.3 Å². The number of anilines is 2. The molecule has 0 bridgehead atoms. The van der Waals surface area contributed by atoms with E-state index < -0.39 is 23.2 Å². The van der Waals surface area contributed by atoms with Crippen molar-refractivity contribution in [3.8, 4) is 6.07 Å². The largest absolute Gasteiger partial charge is 0.452 e. The van der Waals surface area contributed by atoms with Gasteiger partial charge < -0.3 is 15.4 Å². The maximum absolute atomic E-state index is 12.2. The smallest absolute Gasteiger partial charge is 0.308 e. The fraction of sp³-hybridized carbons (Fsp3) is 0.200. The zero-order valence-corrected chi connectivity index (χ0v) is 15.8. The Morgan fingerprint density at radius 2 is 2.07 bits per heavy atom. The Labute approximate surface area is 166 Å². The number of para-hydroxylation sites is 1. The molecule has 3 rings (SSSR count). The molecule has 1 aliphatic heterocycles. The first-order valence-corrected chi connectivity index (χ1v) is 9.41. The fourth-order valence-electron chi connectivity index (χ4n) is 2.59. The number of nitrogens with one attached hydrogen (secondary N) is 2. The zero-order chi connectivity index (χ0) is 20.1. The highest BCUT2D eigenvalue weighted by Gasteiger charge is 2.30. The van der Waals surface area contributed by atoms with Crippen LogP contribution in [0.2, 0.25) is 0 Å². The standard InChI is InChI=1S/C20H17N3O4S/c1-12(19(25)22-14-6-4-5-13(9-14)11-21)27-18(24)10-17-20(26)23-15-7-2-3-8-16(15)28-17/h2-9,12,17H,10H2,1H3,(H,22,25)(H,23,26)/t12-,17+/m0/s1. The Hall–Kier alpha value is -3.31. The third-order valence-corrected chi connectivity index (χ3v) is 5.27. The van der Waals surface area contributed by atoms with Crippen LogP contribution < -0.4 is 10.6 Å². The lowest BCUT2D eigenvalue weighted by molar-refractivity contribution is -0.153. The minimum atomic E-state index is -1.04. The molecule has 1 heterocycles. The Morgan fingerprint density at radius 1 is 1.29 bits per heavy atom. The van der Waals surface area contributed by atoms with Crippen LogP contribution in [-0.4, -0.2) is 29.1 Å². The summed E-state index contributed by atoms with van der Waals surface area (Å²) >= 11 is 1.29. The number of carbonyl (C=O) groups is 3. The van der Waals surface area contributed by atoms with Gasteiger partial charge in [-0.25, -0.2) is 0 Å². The number of benzene rings is 2. The molecule has 2 atom stereocenters. The molecule has 0 saturated heterocycles. The van der Waals surface area contributed by atoms with E-state index in [1.54, 1.807) is 24.3 Å². The maximum Gasteiger partial charge on any atom is 0.308 e. The van der Waals surface area contributed by atoms with Crippen molar-refractivity contribution in [1.82, 2.24) is 0 Å². The van der Waals surface area contributed by atoms with Gasteiger partial charge in [0, 0.05) is 10.6 Å². The highest BCUT2D eigenvalue weighted by Crippen LogP contribution is 2.36. The topological polar surface area (TPSA) is 108 Å². The third-order valence-electron chi connectivity index (χ3n) is 4.00. The fourth-order valence-corrected chi connectivity index (χ4v) is 3.68. The first-order chi connectivity index (χ1) is 13.5. The van der Waals surface area contributed by atoms with Crippen molar-refractivity contribution in [1.29, 1.82) is 5.26 Å². The number of nitrogens with zero attached hydrogens (tertiary/aromatic N) is 1. The second kappa shape index (κ2) is 8.59. The van der Waals surface area contributed by atoms with Gasteiger partial charge in [0.2, 0.25) is 5.91 Å². The van der Waals surface area contributed by atoms with Crippen LogP contribution in [-0.2, 0) is 19.1 Å². The molecular formula is C20H17N3O4S. The van der Waals surface area contributed by atoms with E-state index in [9.17, 15) is 14.4 Å². The Kier molecular flexibility index (Phi) is 5.96. The third kappa shape index (κ3) is 4.69. The number of hydrogen-bond acceptors (Lipinski definition) is 6. The molecule has 142 valence electrons. The zero-order valence-electron chi connectivity index (χ0n) is 15.0. The van der Waals surface area contributed by atoms with Gasteiger partial charge in [-0.1, -0.05) is 18.2 Å². The van der Waals surface area contributed by atoms with E-state index >= 15 is 0 Å². The summed E-state index contributed by atoms with van der Waals surface area (Å²) in [6.45, 7) is 1.45. The molecule has 0 aliphatic carbocycles. The van der Waals surface area contributed by atoms with E-state index in [0.717, 1.165) is 10.6 Å². The van der Waals surface area contributed by atoms with Crippen molar-refractivity contribution >= 4 is 40.9 Å². The van der Waals surface area contributed by atoms with Gasteiger partial charge in [-0.15, -0.1) is 11.8 Å². The number of amides is 2. The second-order valence-corrected chi connectivity index (χ2v) is 7.35. The number of thioether (sulfide) groups is 1. The second-order valence-electron chi connectivity index (χ2n) is 6.11. The van der Waals surface area contributed by atoms with Gasteiger partial charge in [0.1, 0.15) is 0 Å². The molecule has 0 fully saturated rings. The Balaban J connectivity index is 1.55. The minimum Gasteiger partial charge on any atom is -0.452 e. The van der Waals surface area contributed by atoms with Gasteiger partial charge in [-0.05, 0) is 37.3 Å². The van der Waals surface area contributed by atoms with Crippen LogP contribution >= 0.6 is 11.8 Å². The predicted octanol–water partition coefficient (Wildman–Crippen LogP) is 2.93. The lowest BCUT2D eigenvalue weighted by Gasteiger charge is -2.23. The quantitative estimate of drug-likeness (QED) is 0.754. The van der Waals surface area contributed by atoms with E-state index in [1.165, 1.54) is 24.8 Å². The molecule has 2 aromatic carbocycles. The number of esters is 1. The van der Waals surface area contributed by atoms with E-state index in [2.05, 4.69) is 10.6 Å². The summed E-state index contributed by atoms with van der Waals surface area (Å²) in [6, 6.07) is 15.7. The molecule has 0 aromatic heterocycles. The van der Waals surface area contributed by atoms with Crippen LogP contribution in [0, 0.1) is 11.3 Å². The highest BCUT2D eigenvalue weighted by atomic mass is 32.2. The summed E-state index contributed by atoms with van der Waals surface area (Å²) in [5, 5.41) is 13.6. The average Bonchev–Trinajstić information content (AvgIpc) is 2.68. The van der Waals surface area contributed by atoms with Gasteiger partial charge >= 0.3 is 5.97 Å². The van der Waals surface area contributed by atoms with Gasteiger partial charge in [0.15, 0.2) is 6.10 Å². The molecule has 2 aromatic rings. The molecule has 28 heavy (non-hydrogen) atoms. The molecule has 2 amide bonds. The summed E-state index contributed by atoms with van der Waals surface area (Å²) < 4.78 is 5.17. The van der Waals surface area contributed by atoms with Gasteiger partial charge in [0.25, 0.3) is 5.91 Å². The minimum absolute atomic E-state index is 0.146. The lowest BCUT2D eigenvalue weighted by Crippen LogP contribution is -2.34. The van der Waals surface area contributed by atoms with Crippen molar-refractivity contribution in [3.05, 3.63) is 54.1 Å². The molecule has 0 radical (unpaired) electrons. The number of nitriles is 1. The molecular weight excluding hydrogens is 378 g/mol. The number of hydrogen-bond donors (Lipinski definition) is 2. The first-order valence-electron chi connectivity index (χ1n) is 8.53. The Bertz CT molecular complexity index is 970. The van der Waals surface area contributed by atoms with Crippen LogP contribution in [0.1, 0.15) is 18.9 Å². The van der Waals surface area contributed by atoms with Crippen LogP contribution in [0.15, 0.2) is 53.4 Å². The molecule has 8 heteroatoms. The molecule has 0 saturated carbocycles. The normalized spacial score (nSPS) is 16.1. The van der Waals surface area contributed by atoms with E-state index in [1.807, 2.05) is 24.3 Å². The summed E-state index contributed by atoms with van der Waals surface area (Å²) in [6.07, 6.45) is -1.19. The average molecular weight is 395 g/mol. The Morgan fingerprint density at radius 3 is 2.86 bits per heavy atom. The number of carbonyl (C=O) groups excluding carboxylic acids is 3. The van der Waals surface area contributed by atoms with E-state index in [-0.39, 0.29) is 12.3 Å². The molecule has 0 unspecified atom stereocenters. The summed E-state index contributed by atoms with van der Waals surface area (Å²) in [7, 11) is 0. The summed E-state index contributed by atoms with van der Waals surface area (Å²) in [5.41, 5.74) is 1.56. The first kappa shape index (κ1) is 19.5. The van der Waals surface area contributed by atoms with Crippen molar-refractivity contribution in [2.75, 3.05) is 10.6 Å². The van der Waals surface area contributed by atoms with Gasteiger partial charge in [-0.3, -0.25) is 14.4 Å².